The molecule has 0 unspecified atom stereocenters. The number of hydrazone groups is 1. The van der Waals surface area contributed by atoms with Crippen LogP contribution in [-0.2, 0) is 21.4 Å². The van der Waals surface area contributed by atoms with E-state index in [0.29, 0.717) is 5.56 Å². The van der Waals surface area contributed by atoms with Gasteiger partial charge >= 0.3 is 0 Å². The molecule has 0 saturated heterocycles. The first-order valence-corrected chi connectivity index (χ1v) is 9.29. The molecule has 2 aromatic rings. The van der Waals surface area contributed by atoms with Gasteiger partial charge in [0.1, 0.15) is 5.75 Å². The maximum absolute atomic E-state index is 12.0. The molecule has 0 heterocycles. The lowest BCUT2D eigenvalue weighted by Gasteiger charge is -2.18. The van der Waals surface area contributed by atoms with E-state index in [1.807, 2.05) is 6.07 Å². The lowest BCUT2D eigenvalue weighted by atomic mass is 10.2. The van der Waals surface area contributed by atoms with Crippen LogP contribution in [-0.4, -0.2) is 42.8 Å². The first-order valence-electron chi connectivity index (χ1n) is 7.44. The summed E-state index contributed by atoms with van der Waals surface area (Å²) in [5, 5.41) is 13.1. The van der Waals surface area contributed by atoms with Crippen molar-refractivity contribution in [2.75, 3.05) is 12.8 Å². The van der Waals surface area contributed by atoms with Gasteiger partial charge in [-0.05, 0) is 23.3 Å². The molecular formula is C17H19N3O4S. The van der Waals surface area contributed by atoms with Crippen LogP contribution >= 0.6 is 0 Å². The number of benzene rings is 2. The van der Waals surface area contributed by atoms with Crippen molar-refractivity contribution in [2.45, 2.75) is 6.54 Å². The van der Waals surface area contributed by atoms with E-state index >= 15 is 0 Å². The third kappa shape index (κ3) is 6.36. The first-order chi connectivity index (χ1) is 11.8. The molecular weight excluding hydrogens is 342 g/mol. The number of phenols is 1. The van der Waals surface area contributed by atoms with Gasteiger partial charge in [-0.15, -0.1) is 0 Å². The Labute approximate surface area is 146 Å². The van der Waals surface area contributed by atoms with Crippen molar-refractivity contribution in [1.82, 2.24) is 9.73 Å². The summed E-state index contributed by atoms with van der Waals surface area (Å²) in [5.74, 6) is -0.473. The first kappa shape index (κ1) is 18.6. The van der Waals surface area contributed by atoms with E-state index in [4.69, 9.17) is 0 Å². The van der Waals surface area contributed by atoms with Crippen LogP contribution in [0.3, 0.4) is 0 Å². The molecule has 0 saturated carbocycles. The average molecular weight is 361 g/mol. The standard InChI is InChI=1S/C17H19N3O4S/c1-25(23,24)20(12-14-6-3-2-4-7-14)13-17(22)19-18-11-15-8-5-9-16(21)10-15/h2-11,21H,12-13H2,1H3,(H,19,22)/b18-11-. The van der Waals surface area contributed by atoms with Gasteiger partial charge in [0.05, 0.1) is 19.0 Å². The Hall–Kier alpha value is -2.71. The Balaban J connectivity index is 1.97. The van der Waals surface area contributed by atoms with Crippen LogP contribution in [0.5, 0.6) is 5.75 Å². The number of aromatic hydroxyl groups is 1. The Kier molecular flexibility index (Phi) is 6.26. The number of carbonyl (C=O) groups is 1. The molecule has 2 N–H and O–H groups in total. The highest BCUT2D eigenvalue weighted by Crippen LogP contribution is 2.09. The van der Waals surface area contributed by atoms with E-state index < -0.39 is 15.9 Å². The number of phenolic OH excluding ortho intramolecular Hbond substituents is 1. The maximum atomic E-state index is 12.0. The van der Waals surface area contributed by atoms with E-state index in [9.17, 15) is 18.3 Å². The molecule has 0 bridgehead atoms. The molecule has 132 valence electrons. The molecule has 7 nitrogen and oxygen atoms in total. The molecule has 2 rings (SSSR count). The molecule has 0 aliphatic carbocycles. The highest BCUT2D eigenvalue weighted by molar-refractivity contribution is 7.88. The summed E-state index contributed by atoms with van der Waals surface area (Å²) in [6.45, 7) is -0.242. The molecule has 0 atom stereocenters. The minimum atomic E-state index is -3.55. The van der Waals surface area contributed by atoms with Gasteiger partial charge in [0.15, 0.2) is 0 Å². The lowest BCUT2D eigenvalue weighted by molar-refractivity contribution is -0.121. The summed E-state index contributed by atoms with van der Waals surface area (Å²) in [4.78, 5) is 12.0. The van der Waals surface area contributed by atoms with Crippen LogP contribution in [0.4, 0.5) is 0 Å². The summed E-state index contributed by atoms with van der Waals surface area (Å²) < 4.78 is 24.8. The van der Waals surface area contributed by atoms with Gasteiger partial charge in [0, 0.05) is 6.54 Å². The number of nitrogens with one attached hydrogen (secondary N) is 1. The number of sulfonamides is 1. The Bertz CT molecular complexity index is 851. The summed E-state index contributed by atoms with van der Waals surface area (Å²) in [7, 11) is -3.55. The topological polar surface area (TPSA) is 99.1 Å². The van der Waals surface area contributed by atoms with E-state index in [0.717, 1.165) is 16.1 Å². The molecule has 0 aliphatic heterocycles. The van der Waals surface area contributed by atoms with Gasteiger partial charge in [-0.25, -0.2) is 13.8 Å². The van der Waals surface area contributed by atoms with Gasteiger partial charge < -0.3 is 5.11 Å². The second-order valence-corrected chi connectivity index (χ2v) is 7.39. The quantitative estimate of drug-likeness (QED) is 0.574. The van der Waals surface area contributed by atoms with Gasteiger partial charge in [0.25, 0.3) is 5.91 Å². The molecule has 0 aromatic heterocycles. The molecule has 1 amide bonds. The van der Waals surface area contributed by atoms with Crippen molar-refractivity contribution in [3.63, 3.8) is 0 Å². The van der Waals surface area contributed by atoms with Crippen LogP contribution in [0.15, 0.2) is 59.7 Å². The Morgan fingerprint density at radius 1 is 1.20 bits per heavy atom. The van der Waals surface area contributed by atoms with Crippen molar-refractivity contribution in [3.8, 4) is 5.75 Å². The minimum Gasteiger partial charge on any atom is -0.508 e. The maximum Gasteiger partial charge on any atom is 0.255 e. The fraction of sp³-hybridized carbons (Fsp3) is 0.176. The van der Waals surface area contributed by atoms with Crippen molar-refractivity contribution in [2.24, 2.45) is 5.10 Å². The van der Waals surface area contributed by atoms with E-state index in [1.165, 1.54) is 18.3 Å². The largest absolute Gasteiger partial charge is 0.508 e. The highest BCUT2D eigenvalue weighted by atomic mass is 32.2. The zero-order valence-electron chi connectivity index (χ0n) is 13.7. The molecule has 25 heavy (non-hydrogen) atoms. The van der Waals surface area contributed by atoms with Crippen LogP contribution < -0.4 is 5.43 Å². The van der Waals surface area contributed by atoms with Gasteiger partial charge in [-0.2, -0.15) is 9.41 Å². The highest BCUT2D eigenvalue weighted by Gasteiger charge is 2.20. The predicted molar refractivity (Wildman–Crippen MR) is 95.5 cm³/mol. The molecule has 0 spiro atoms. The minimum absolute atomic E-state index is 0.0846. The van der Waals surface area contributed by atoms with E-state index in [1.54, 1.807) is 36.4 Å². The van der Waals surface area contributed by atoms with Gasteiger partial charge in [-0.1, -0.05) is 42.5 Å². The predicted octanol–water partition coefficient (Wildman–Crippen LogP) is 1.30. The molecule has 2 aromatic carbocycles. The van der Waals surface area contributed by atoms with Crippen molar-refractivity contribution >= 4 is 22.1 Å². The second kappa shape index (κ2) is 8.41. The number of rotatable bonds is 7. The molecule has 8 heteroatoms. The smallest absolute Gasteiger partial charge is 0.255 e. The molecule has 0 fully saturated rings. The molecule has 0 radical (unpaired) electrons. The monoisotopic (exact) mass is 361 g/mol. The number of nitrogens with zero attached hydrogens (tertiary/aromatic N) is 2. The Morgan fingerprint density at radius 3 is 2.56 bits per heavy atom. The normalized spacial score (nSPS) is 11.8. The van der Waals surface area contributed by atoms with Crippen LogP contribution in [0.1, 0.15) is 11.1 Å². The van der Waals surface area contributed by atoms with Gasteiger partial charge in [-0.3, -0.25) is 4.79 Å². The van der Waals surface area contributed by atoms with Crippen LogP contribution in [0, 0.1) is 0 Å². The third-order valence-electron chi connectivity index (χ3n) is 3.26. The lowest BCUT2D eigenvalue weighted by Crippen LogP contribution is -2.38. The third-order valence-corrected chi connectivity index (χ3v) is 4.46. The summed E-state index contributed by atoms with van der Waals surface area (Å²) >= 11 is 0. The van der Waals surface area contributed by atoms with Crippen LogP contribution in [0.2, 0.25) is 0 Å². The zero-order chi connectivity index (χ0) is 18.3. The Morgan fingerprint density at radius 2 is 1.92 bits per heavy atom. The fourth-order valence-electron chi connectivity index (χ4n) is 2.06. The summed E-state index contributed by atoms with van der Waals surface area (Å²) in [6, 6.07) is 15.4. The molecule has 0 aliphatic rings. The summed E-state index contributed by atoms with van der Waals surface area (Å²) in [5.41, 5.74) is 3.66. The number of hydrogen-bond donors (Lipinski definition) is 2. The van der Waals surface area contributed by atoms with Crippen molar-refractivity contribution < 1.29 is 18.3 Å². The van der Waals surface area contributed by atoms with E-state index in [-0.39, 0.29) is 18.8 Å². The van der Waals surface area contributed by atoms with Crippen LogP contribution in [0.25, 0.3) is 0 Å². The summed E-state index contributed by atoms with van der Waals surface area (Å²) in [6.07, 6.45) is 2.42. The fourth-order valence-corrected chi connectivity index (χ4v) is 2.79. The zero-order valence-corrected chi connectivity index (χ0v) is 14.5. The number of amides is 1. The van der Waals surface area contributed by atoms with Crippen molar-refractivity contribution in [3.05, 3.63) is 65.7 Å². The van der Waals surface area contributed by atoms with E-state index in [2.05, 4.69) is 10.5 Å². The second-order valence-electron chi connectivity index (χ2n) is 5.40. The van der Waals surface area contributed by atoms with Crippen molar-refractivity contribution in [1.29, 1.82) is 0 Å². The number of hydrogen-bond acceptors (Lipinski definition) is 5. The van der Waals surface area contributed by atoms with Gasteiger partial charge in [0.2, 0.25) is 10.0 Å². The average Bonchev–Trinajstić information content (AvgIpc) is 2.54. The number of carbonyl (C=O) groups excluding carboxylic acids is 1. The SMILES string of the molecule is CS(=O)(=O)N(CC(=O)N/N=C\c1cccc(O)c1)Cc1ccccc1.